The fourth-order valence-corrected chi connectivity index (χ4v) is 3.38. The molecule has 3 heteroatoms. The van der Waals surface area contributed by atoms with Gasteiger partial charge in [0.05, 0.1) is 11.1 Å². The number of halogens is 2. The van der Waals surface area contributed by atoms with Crippen LogP contribution in [0.25, 0.3) is 0 Å². The van der Waals surface area contributed by atoms with E-state index in [1.807, 2.05) is 18.2 Å². The van der Waals surface area contributed by atoms with Crippen molar-refractivity contribution in [2.24, 2.45) is 5.73 Å². The molecule has 0 amide bonds. The van der Waals surface area contributed by atoms with E-state index in [-0.39, 0.29) is 6.04 Å². The van der Waals surface area contributed by atoms with E-state index in [2.05, 4.69) is 50.5 Å². The van der Waals surface area contributed by atoms with E-state index in [0.29, 0.717) is 5.02 Å². The summed E-state index contributed by atoms with van der Waals surface area (Å²) in [4.78, 5) is 0. The Morgan fingerprint density at radius 3 is 1.86 bits per heavy atom. The number of hydrogen-bond acceptors (Lipinski definition) is 1. The van der Waals surface area contributed by atoms with Crippen LogP contribution in [0.4, 0.5) is 0 Å². The fourth-order valence-electron chi connectivity index (χ4n) is 2.87. The molecule has 0 heterocycles. The van der Waals surface area contributed by atoms with Gasteiger partial charge in [-0.25, -0.2) is 0 Å². The summed E-state index contributed by atoms with van der Waals surface area (Å²) in [5.74, 6) is 0. The zero-order chi connectivity index (χ0) is 15.9. The quantitative estimate of drug-likeness (QED) is 0.725. The fraction of sp³-hybridized carbons (Fsp3) is 0.333. The minimum atomic E-state index is -0.142. The van der Waals surface area contributed by atoms with Gasteiger partial charge >= 0.3 is 0 Å². The summed E-state index contributed by atoms with van der Waals surface area (Å²) in [5.41, 5.74) is 15.4. The molecule has 0 saturated heterocycles. The summed E-state index contributed by atoms with van der Waals surface area (Å²) in [6.45, 7) is 10.8. The highest BCUT2D eigenvalue weighted by atomic mass is 79.9. The van der Waals surface area contributed by atoms with Crippen molar-refractivity contribution in [2.75, 3.05) is 0 Å². The summed E-state index contributed by atoms with van der Waals surface area (Å²) in [6, 6.07) is 5.76. The first kappa shape index (κ1) is 16.5. The zero-order valence-corrected chi connectivity index (χ0v) is 15.5. The zero-order valence-electron chi connectivity index (χ0n) is 13.1. The van der Waals surface area contributed by atoms with Crippen molar-refractivity contribution in [1.29, 1.82) is 0 Å². The van der Waals surface area contributed by atoms with Gasteiger partial charge in [0.2, 0.25) is 0 Å². The summed E-state index contributed by atoms with van der Waals surface area (Å²) in [5, 5.41) is 0.704. The normalized spacial score (nSPS) is 12.6. The Morgan fingerprint density at radius 2 is 1.38 bits per heavy atom. The second-order valence-corrected chi connectivity index (χ2v) is 6.95. The molecule has 1 unspecified atom stereocenters. The molecule has 1 nitrogen and oxygen atoms in total. The number of rotatable bonds is 2. The topological polar surface area (TPSA) is 26.0 Å². The van der Waals surface area contributed by atoms with E-state index in [1.54, 1.807) is 0 Å². The minimum absolute atomic E-state index is 0.142. The van der Waals surface area contributed by atoms with Crippen LogP contribution in [0.1, 0.15) is 45.0 Å². The highest BCUT2D eigenvalue weighted by Gasteiger charge is 2.19. The van der Waals surface area contributed by atoms with Crippen molar-refractivity contribution in [3.8, 4) is 0 Å². The summed E-state index contributed by atoms with van der Waals surface area (Å²) < 4.78 is 0.882. The van der Waals surface area contributed by atoms with Crippen LogP contribution in [0.3, 0.4) is 0 Å². The third-order valence-corrected chi connectivity index (χ3v) is 5.89. The van der Waals surface area contributed by atoms with Crippen molar-refractivity contribution < 1.29 is 0 Å². The van der Waals surface area contributed by atoms with Crippen LogP contribution in [0.15, 0.2) is 22.7 Å². The van der Waals surface area contributed by atoms with Gasteiger partial charge in [-0.1, -0.05) is 17.7 Å². The molecule has 2 rings (SSSR count). The van der Waals surface area contributed by atoms with E-state index in [4.69, 9.17) is 17.3 Å². The van der Waals surface area contributed by atoms with Crippen molar-refractivity contribution in [3.05, 3.63) is 66.6 Å². The van der Waals surface area contributed by atoms with Gasteiger partial charge in [0.15, 0.2) is 0 Å². The van der Waals surface area contributed by atoms with Gasteiger partial charge in [-0.2, -0.15) is 0 Å². The van der Waals surface area contributed by atoms with E-state index in [9.17, 15) is 0 Å². The Balaban J connectivity index is 2.63. The summed E-state index contributed by atoms with van der Waals surface area (Å²) in [7, 11) is 0. The van der Waals surface area contributed by atoms with Crippen molar-refractivity contribution in [3.63, 3.8) is 0 Å². The summed E-state index contributed by atoms with van der Waals surface area (Å²) >= 11 is 9.55. The molecule has 0 fully saturated rings. The van der Waals surface area contributed by atoms with Crippen LogP contribution in [-0.2, 0) is 0 Å². The third kappa shape index (κ3) is 2.90. The number of hydrogen-bond donors (Lipinski definition) is 1. The van der Waals surface area contributed by atoms with Crippen LogP contribution >= 0.6 is 27.5 Å². The van der Waals surface area contributed by atoms with Crippen LogP contribution in [0, 0.1) is 34.6 Å². The predicted octanol–water partition coefficient (Wildman–Crippen LogP) is 5.69. The highest BCUT2D eigenvalue weighted by molar-refractivity contribution is 9.10. The van der Waals surface area contributed by atoms with Gasteiger partial charge in [0, 0.05) is 4.47 Å². The first-order chi connectivity index (χ1) is 9.75. The average Bonchev–Trinajstić information content (AvgIpc) is 2.46. The third-order valence-electron chi connectivity index (χ3n) is 4.67. The lowest BCUT2D eigenvalue weighted by Crippen LogP contribution is -2.17. The van der Waals surface area contributed by atoms with Crippen molar-refractivity contribution >= 4 is 27.5 Å². The Bertz CT molecular complexity index is 678. The Morgan fingerprint density at radius 1 is 0.905 bits per heavy atom. The molecule has 0 aromatic heterocycles. The molecule has 0 radical (unpaired) electrons. The molecule has 0 aliphatic carbocycles. The van der Waals surface area contributed by atoms with E-state index in [0.717, 1.165) is 10.0 Å². The van der Waals surface area contributed by atoms with E-state index in [1.165, 1.54) is 33.4 Å². The molecule has 2 aromatic rings. The van der Waals surface area contributed by atoms with E-state index < -0.39 is 0 Å². The van der Waals surface area contributed by atoms with Gasteiger partial charge in [-0.3, -0.25) is 0 Å². The molecular formula is C18H21BrClN. The summed E-state index contributed by atoms with van der Waals surface area (Å²) in [6.07, 6.45) is 0. The van der Waals surface area contributed by atoms with Crippen molar-refractivity contribution in [2.45, 2.75) is 40.7 Å². The maximum atomic E-state index is 6.56. The molecule has 0 aliphatic heterocycles. The second-order valence-electron chi connectivity index (χ2n) is 5.69. The smallest absolute Gasteiger partial charge is 0.0557 e. The van der Waals surface area contributed by atoms with Gasteiger partial charge in [0.1, 0.15) is 0 Å². The number of nitrogens with two attached hydrogens (primary N) is 1. The first-order valence-corrected chi connectivity index (χ1v) is 8.20. The largest absolute Gasteiger partial charge is 0.320 e. The van der Waals surface area contributed by atoms with Gasteiger partial charge < -0.3 is 5.73 Å². The van der Waals surface area contributed by atoms with Gasteiger partial charge in [0.25, 0.3) is 0 Å². The van der Waals surface area contributed by atoms with Crippen LogP contribution < -0.4 is 5.73 Å². The van der Waals surface area contributed by atoms with E-state index >= 15 is 0 Å². The number of benzene rings is 2. The van der Waals surface area contributed by atoms with Gasteiger partial charge in [-0.05, 0) is 102 Å². The molecule has 112 valence electrons. The molecule has 0 spiro atoms. The lowest BCUT2D eigenvalue weighted by Gasteiger charge is -2.23. The Hall–Kier alpha value is -0.830. The molecule has 0 bridgehead atoms. The Kier molecular flexibility index (Phi) is 4.82. The van der Waals surface area contributed by atoms with Gasteiger partial charge in [-0.15, -0.1) is 0 Å². The molecule has 1 atom stereocenters. The maximum Gasteiger partial charge on any atom is 0.0557 e. The molecule has 0 aliphatic rings. The lowest BCUT2D eigenvalue weighted by atomic mass is 9.84. The molecule has 2 aromatic carbocycles. The second kappa shape index (κ2) is 6.12. The molecular weight excluding hydrogens is 346 g/mol. The standard InChI is InChI=1S/C18H21BrClN/c1-9-10(2)12(4)17(13(5)11(9)3)18(21)14-6-7-16(20)15(19)8-14/h6-8,18H,21H2,1-5H3. The first-order valence-electron chi connectivity index (χ1n) is 7.03. The SMILES string of the molecule is Cc1c(C)c(C)c(C(N)c2ccc(Cl)c(Br)c2)c(C)c1C. The van der Waals surface area contributed by atoms with Crippen LogP contribution in [0.2, 0.25) is 5.02 Å². The molecule has 21 heavy (non-hydrogen) atoms. The van der Waals surface area contributed by atoms with Crippen molar-refractivity contribution in [1.82, 2.24) is 0 Å². The predicted molar refractivity (Wildman–Crippen MR) is 95.3 cm³/mol. The minimum Gasteiger partial charge on any atom is -0.320 e. The highest BCUT2D eigenvalue weighted by Crippen LogP contribution is 2.34. The van der Waals surface area contributed by atoms with Crippen LogP contribution in [0.5, 0.6) is 0 Å². The monoisotopic (exact) mass is 365 g/mol. The lowest BCUT2D eigenvalue weighted by molar-refractivity contribution is 0.842. The maximum absolute atomic E-state index is 6.56. The average molecular weight is 367 g/mol. The molecule has 0 saturated carbocycles. The van der Waals surface area contributed by atoms with Crippen LogP contribution in [-0.4, -0.2) is 0 Å². The molecule has 2 N–H and O–H groups in total. The Labute approximate surface area is 140 Å².